The highest BCUT2D eigenvalue weighted by Crippen LogP contribution is 2.29. The lowest BCUT2D eigenvalue weighted by Crippen LogP contribution is -2.33. The van der Waals surface area contributed by atoms with Crippen LogP contribution in [0.5, 0.6) is 0 Å². The molecule has 0 aliphatic rings. The molecule has 0 aliphatic heterocycles. The number of anilines is 1. The number of carbonyl (C=O) groups is 1. The second kappa shape index (κ2) is 4.65. The summed E-state index contributed by atoms with van der Waals surface area (Å²) in [5.74, 6) is 0.0930. The van der Waals surface area contributed by atoms with Gasteiger partial charge in [0.2, 0.25) is 11.8 Å². The van der Waals surface area contributed by atoms with Crippen LogP contribution in [0.1, 0.15) is 39.8 Å². The second-order valence-corrected chi connectivity index (χ2v) is 4.40. The van der Waals surface area contributed by atoms with Crippen molar-refractivity contribution in [1.82, 2.24) is 5.16 Å². The quantitative estimate of drug-likeness (QED) is 0.819. The SMILES string of the molecule is CCC(O)C(C)(C)c1cc(NC(C)=O)on1. The summed E-state index contributed by atoms with van der Waals surface area (Å²) in [6.45, 7) is 7.07. The molecule has 0 radical (unpaired) electrons. The zero-order valence-corrected chi connectivity index (χ0v) is 10.1. The molecule has 1 heterocycles. The van der Waals surface area contributed by atoms with E-state index in [9.17, 15) is 9.90 Å². The maximum Gasteiger partial charge on any atom is 0.231 e. The molecule has 5 nitrogen and oxygen atoms in total. The van der Waals surface area contributed by atoms with Gasteiger partial charge in [0.05, 0.1) is 11.8 Å². The van der Waals surface area contributed by atoms with Crippen molar-refractivity contribution < 1.29 is 14.4 Å². The van der Waals surface area contributed by atoms with Crippen molar-refractivity contribution in [2.75, 3.05) is 5.32 Å². The molecule has 0 aliphatic carbocycles. The summed E-state index contributed by atoms with van der Waals surface area (Å²) in [7, 11) is 0. The lowest BCUT2D eigenvalue weighted by molar-refractivity contribution is -0.114. The minimum atomic E-state index is -0.497. The summed E-state index contributed by atoms with van der Waals surface area (Å²) in [6.07, 6.45) is 0.137. The molecule has 1 unspecified atom stereocenters. The molecule has 1 aromatic heterocycles. The zero-order valence-electron chi connectivity index (χ0n) is 10.1. The third-order valence-electron chi connectivity index (χ3n) is 2.69. The molecule has 0 saturated heterocycles. The van der Waals surface area contributed by atoms with Crippen LogP contribution in [0.4, 0.5) is 5.88 Å². The average molecular weight is 226 g/mol. The predicted molar refractivity (Wildman–Crippen MR) is 60.1 cm³/mol. The second-order valence-electron chi connectivity index (χ2n) is 4.40. The van der Waals surface area contributed by atoms with Crippen LogP contribution in [0.2, 0.25) is 0 Å². The van der Waals surface area contributed by atoms with E-state index < -0.39 is 11.5 Å². The highest BCUT2D eigenvalue weighted by molar-refractivity contribution is 5.87. The summed E-state index contributed by atoms with van der Waals surface area (Å²) in [5, 5.41) is 16.2. The van der Waals surface area contributed by atoms with E-state index in [-0.39, 0.29) is 5.91 Å². The van der Waals surface area contributed by atoms with Crippen LogP contribution in [0.3, 0.4) is 0 Å². The Labute approximate surface area is 94.8 Å². The van der Waals surface area contributed by atoms with Crippen LogP contribution in [0, 0.1) is 0 Å². The van der Waals surface area contributed by atoms with Crippen molar-refractivity contribution in [1.29, 1.82) is 0 Å². The summed E-state index contributed by atoms with van der Waals surface area (Å²) < 4.78 is 4.96. The van der Waals surface area contributed by atoms with Gasteiger partial charge in [-0.15, -0.1) is 0 Å². The Morgan fingerprint density at radius 3 is 2.81 bits per heavy atom. The van der Waals surface area contributed by atoms with E-state index in [1.165, 1.54) is 6.92 Å². The molecule has 2 N–H and O–H groups in total. The van der Waals surface area contributed by atoms with Crippen LogP contribution in [0.15, 0.2) is 10.6 Å². The van der Waals surface area contributed by atoms with Gasteiger partial charge >= 0.3 is 0 Å². The van der Waals surface area contributed by atoms with Crippen LogP contribution in [-0.2, 0) is 10.2 Å². The van der Waals surface area contributed by atoms with Gasteiger partial charge in [0, 0.05) is 18.4 Å². The fourth-order valence-corrected chi connectivity index (χ4v) is 1.49. The standard InChI is InChI=1S/C11H18N2O3/c1-5-9(15)11(3,4)8-6-10(16-13-8)12-7(2)14/h6,9,15H,5H2,1-4H3,(H,12,14). The molecule has 1 amide bonds. The first-order valence-corrected chi connectivity index (χ1v) is 5.30. The minimum absolute atomic E-state index is 0.212. The molecule has 0 bridgehead atoms. The summed E-state index contributed by atoms with van der Waals surface area (Å²) in [5.41, 5.74) is 0.139. The topological polar surface area (TPSA) is 75.4 Å². The van der Waals surface area contributed by atoms with Crippen LogP contribution in [-0.4, -0.2) is 22.3 Å². The van der Waals surface area contributed by atoms with Crippen molar-refractivity contribution in [3.05, 3.63) is 11.8 Å². The zero-order chi connectivity index (χ0) is 12.3. The summed E-state index contributed by atoms with van der Waals surface area (Å²) in [4.78, 5) is 10.8. The van der Waals surface area contributed by atoms with Gasteiger partial charge < -0.3 is 9.63 Å². The van der Waals surface area contributed by atoms with Gasteiger partial charge in [-0.1, -0.05) is 25.9 Å². The van der Waals surface area contributed by atoms with Crippen molar-refractivity contribution in [3.63, 3.8) is 0 Å². The largest absolute Gasteiger partial charge is 0.392 e. The van der Waals surface area contributed by atoms with E-state index >= 15 is 0 Å². The number of amides is 1. The van der Waals surface area contributed by atoms with E-state index in [0.29, 0.717) is 18.0 Å². The number of aromatic nitrogens is 1. The van der Waals surface area contributed by atoms with Crippen molar-refractivity contribution in [3.8, 4) is 0 Å². The lowest BCUT2D eigenvalue weighted by Gasteiger charge is -2.27. The smallest absolute Gasteiger partial charge is 0.231 e. The number of hydrogen-bond donors (Lipinski definition) is 2. The van der Waals surface area contributed by atoms with Gasteiger partial charge in [0.15, 0.2) is 0 Å². The van der Waals surface area contributed by atoms with E-state index in [2.05, 4.69) is 10.5 Å². The number of aliphatic hydroxyl groups is 1. The highest BCUT2D eigenvalue weighted by Gasteiger charge is 2.32. The normalized spacial score (nSPS) is 13.6. The van der Waals surface area contributed by atoms with Gasteiger partial charge in [0.1, 0.15) is 0 Å². The van der Waals surface area contributed by atoms with Crippen molar-refractivity contribution in [2.45, 2.75) is 45.6 Å². The first-order valence-electron chi connectivity index (χ1n) is 5.30. The molecule has 0 fully saturated rings. The van der Waals surface area contributed by atoms with Crippen LogP contribution >= 0.6 is 0 Å². The fraction of sp³-hybridized carbons (Fsp3) is 0.636. The van der Waals surface area contributed by atoms with E-state index in [0.717, 1.165) is 0 Å². The highest BCUT2D eigenvalue weighted by atomic mass is 16.5. The van der Waals surface area contributed by atoms with Crippen molar-refractivity contribution >= 4 is 11.8 Å². The fourth-order valence-electron chi connectivity index (χ4n) is 1.49. The Morgan fingerprint density at radius 1 is 1.69 bits per heavy atom. The molecule has 0 saturated carbocycles. The number of rotatable bonds is 4. The van der Waals surface area contributed by atoms with E-state index in [4.69, 9.17) is 4.52 Å². The maximum absolute atomic E-state index is 10.8. The van der Waals surface area contributed by atoms with Gasteiger partial charge in [0.25, 0.3) is 0 Å². The molecule has 0 spiro atoms. The predicted octanol–water partition coefficient (Wildman–Crippen LogP) is 1.68. The van der Waals surface area contributed by atoms with Gasteiger partial charge in [-0.2, -0.15) is 0 Å². The van der Waals surface area contributed by atoms with Crippen LogP contribution in [0.25, 0.3) is 0 Å². The number of hydrogen-bond acceptors (Lipinski definition) is 4. The first kappa shape index (κ1) is 12.7. The molecular weight excluding hydrogens is 208 g/mol. The first-order chi connectivity index (χ1) is 7.37. The van der Waals surface area contributed by atoms with Gasteiger partial charge in [-0.25, -0.2) is 0 Å². The Morgan fingerprint density at radius 2 is 2.31 bits per heavy atom. The third kappa shape index (κ3) is 2.61. The average Bonchev–Trinajstić information content (AvgIpc) is 2.64. The monoisotopic (exact) mass is 226 g/mol. The lowest BCUT2D eigenvalue weighted by atomic mass is 9.82. The number of aliphatic hydroxyl groups excluding tert-OH is 1. The Kier molecular flexibility index (Phi) is 3.70. The molecule has 90 valence electrons. The van der Waals surface area contributed by atoms with E-state index in [1.54, 1.807) is 6.07 Å². The van der Waals surface area contributed by atoms with Crippen LogP contribution < -0.4 is 5.32 Å². The van der Waals surface area contributed by atoms with Crippen molar-refractivity contribution in [2.24, 2.45) is 0 Å². The number of nitrogens with one attached hydrogen (secondary N) is 1. The maximum atomic E-state index is 10.8. The third-order valence-corrected chi connectivity index (χ3v) is 2.69. The van der Waals surface area contributed by atoms with Gasteiger partial charge in [-0.05, 0) is 6.42 Å². The molecule has 16 heavy (non-hydrogen) atoms. The summed E-state index contributed by atoms with van der Waals surface area (Å²) in [6, 6.07) is 1.64. The Hall–Kier alpha value is -1.36. The minimum Gasteiger partial charge on any atom is -0.392 e. The van der Waals surface area contributed by atoms with Gasteiger partial charge in [-0.3, -0.25) is 10.1 Å². The molecule has 1 atom stereocenters. The Balaban J connectivity index is 2.88. The van der Waals surface area contributed by atoms with E-state index in [1.807, 2.05) is 20.8 Å². The summed E-state index contributed by atoms with van der Waals surface area (Å²) >= 11 is 0. The number of nitrogens with zero attached hydrogens (tertiary/aromatic N) is 1. The molecule has 1 rings (SSSR count). The molecular formula is C11H18N2O3. The Bertz CT molecular complexity index is 371. The molecule has 1 aromatic rings. The number of carbonyl (C=O) groups excluding carboxylic acids is 1. The molecule has 0 aromatic carbocycles. The molecule has 5 heteroatoms.